The van der Waals surface area contributed by atoms with Crippen molar-refractivity contribution in [2.45, 2.75) is 0 Å². The van der Waals surface area contributed by atoms with Gasteiger partial charge in [0.1, 0.15) is 0 Å². The summed E-state index contributed by atoms with van der Waals surface area (Å²) in [5.74, 6) is 3.84. The van der Waals surface area contributed by atoms with Crippen LogP contribution in [0.25, 0.3) is 99.6 Å². The number of rotatable bonds is 7. The Hall–Kier alpha value is -7.22. The molecule has 0 unspecified atom stereocenters. The summed E-state index contributed by atoms with van der Waals surface area (Å²) in [5, 5.41) is 2.35. The van der Waals surface area contributed by atoms with Crippen molar-refractivity contribution in [1.29, 1.82) is 0 Å². The van der Waals surface area contributed by atoms with Gasteiger partial charge in [-0.25, -0.2) is 29.9 Å². The van der Waals surface area contributed by atoms with E-state index in [4.69, 9.17) is 29.9 Å². The van der Waals surface area contributed by atoms with Gasteiger partial charge in [-0.15, -0.1) is 11.3 Å². The smallest absolute Gasteiger partial charge is 0.164 e. The van der Waals surface area contributed by atoms with E-state index in [0.29, 0.717) is 34.9 Å². The number of nitrogens with zero attached hydrogens (tertiary/aromatic N) is 6. The Labute approximate surface area is 321 Å². The van der Waals surface area contributed by atoms with Gasteiger partial charge in [-0.2, -0.15) is 0 Å². The number of fused-ring (bicyclic) bond motifs is 3. The molecule has 0 amide bonds. The lowest BCUT2D eigenvalue weighted by Gasteiger charge is -2.10. The summed E-state index contributed by atoms with van der Waals surface area (Å²) in [5.41, 5.74) is 7.89. The van der Waals surface area contributed by atoms with E-state index in [2.05, 4.69) is 60.7 Å². The molecule has 6 nitrogen and oxygen atoms in total. The minimum atomic E-state index is 0.629. The van der Waals surface area contributed by atoms with Gasteiger partial charge >= 0.3 is 0 Å². The van der Waals surface area contributed by atoms with Crippen LogP contribution in [-0.2, 0) is 0 Å². The van der Waals surface area contributed by atoms with Crippen molar-refractivity contribution in [3.05, 3.63) is 182 Å². The Kier molecular flexibility index (Phi) is 8.24. The molecule has 10 rings (SSSR count). The van der Waals surface area contributed by atoms with Crippen molar-refractivity contribution in [2.75, 3.05) is 0 Å². The fourth-order valence-corrected chi connectivity index (χ4v) is 8.08. The van der Waals surface area contributed by atoms with Gasteiger partial charge in [-0.1, -0.05) is 158 Å². The maximum atomic E-state index is 4.99. The van der Waals surface area contributed by atoms with E-state index < -0.39 is 0 Å². The van der Waals surface area contributed by atoms with E-state index in [9.17, 15) is 0 Å². The zero-order chi connectivity index (χ0) is 36.6. The third kappa shape index (κ3) is 6.33. The van der Waals surface area contributed by atoms with Gasteiger partial charge in [-0.05, 0) is 35.4 Å². The first-order valence-corrected chi connectivity index (χ1v) is 18.9. The molecular weight excluding hydrogens is 693 g/mol. The molecule has 0 spiro atoms. The molecule has 0 N–H and O–H groups in total. The van der Waals surface area contributed by atoms with Crippen LogP contribution in [0.5, 0.6) is 0 Å². The molecule has 0 aliphatic heterocycles. The van der Waals surface area contributed by atoms with Crippen molar-refractivity contribution >= 4 is 31.5 Å². The van der Waals surface area contributed by atoms with Crippen LogP contribution in [0.3, 0.4) is 0 Å². The second kappa shape index (κ2) is 14.0. The Morgan fingerprint density at radius 1 is 0.273 bits per heavy atom. The number of aromatic nitrogens is 6. The molecule has 3 aromatic heterocycles. The standard InChI is InChI=1S/C48H30N6S/c1-5-15-31(16-6-1)43-49-44(32-17-7-2-8-18-32)52-47(51-43)36-24-13-23-35(29-36)38-25-14-26-39-40-30-37(27-28-41(40)55-42(38)39)48-53-45(33-19-9-3-10-20-33)50-46(54-48)34-21-11-4-12-22-34/h1-30H. The number of benzene rings is 7. The van der Waals surface area contributed by atoms with Crippen LogP contribution in [-0.4, -0.2) is 29.9 Å². The molecular formula is C48H30N6S. The largest absolute Gasteiger partial charge is 0.208 e. The molecule has 7 heteroatoms. The summed E-state index contributed by atoms with van der Waals surface area (Å²) >= 11 is 1.79. The van der Waals surface area contributed by atoms with Crippen LogP contribution in [0, 0.1) is 0 Å². The Balaban J connectivity index is 1.07. The fourth-order valence-electron chi connectivity index (χ4n) is 6.87. The molecule has 0 fully saturated rings. The maximum Gasteiger partial charge on any atom is 0.164 e. The summed E-state index contributed by atoms with van der Waals surface area (Å²) in [6.45, 7) is 0. The quantitative estimate of drug-likeness (QED) is 0.163. The average Bonchev–Trinajstić information content (AvgIpc) is 3.66. The normalized spacial score (nSPS) is 11.3. The van der Waals surface area contributed by atoms with E-state index in [0.717, 1.165) is 49.9 Å². The van der Waals surface area contributed by atoms with Gasteiger partial charge in [0, 0.05) is 53.6 Å². The third-order valence-corrected chi connectivity index (χ3v) is 10.8. The van der Waals surface area contributed by atoms with Crippen LogP contribution in [0.1, 0.15) is 0 Å². The topological polar surface area (TPSA) is 77.3 Å². The minimum absolute atomic E-state index is 0.629. The Bertz CT molecular complexity index is 2850. The molecule has 0 atom stereocenters. The summed E-state index contributed by atoms with van der Waals surface area (Å²) in [7, 11) is 0. The third-order valence-electron chi connectivity index (χ3n) is 9.59. The van der Waals surface area contributed by atoms with Gasteiger partial charge in [0.15, 0.2) is 34.9 Å². The van der Waals surface area contributed by atoms with Crippen LogP contribution < -0.4 is 0 Å². The maximum absolute atomic E-state index is 4.99. The van der Waals surface area contributed by atoms with Crippen LogP contribution in [0.4, 0.5) is 0 Å². The predicted octanol–water partition coefficient (Wildman–Crippen LogP) is 12.1. The Morgan fingerprint density at radius 2 is 0.655 bits per heavy atom. The molecule has 258 valence electrons. The first kappa shape index (κ1) is 32.4. The van der Waals surface area contributed by atoms with Crippen LogP contribution in [0.2, 0.25) is 0 Å². The molecule has 3 heterocycles. The highest BCUT2D eigenvalue weighted by molar-refractivity contribution is 7.26. The van der Waals surface area contributed by atoms with Crippen molar-refractivity contribution in [1.82, 2.24) is 29.9 Å². The molecule has 0 saturated heterocycles. The molecule has 0 saturated carbocycles. The molecule has 7 aromatic carbocycles. The lowest BCUT2D eigenvalue weighted by Crippen LogP contribution is -2.00. The molecule has 10 aromatic rings. The van der Waals surface area contributed by atoms with E-state index in [1.54, 1.807) is 11.3 Å². The zero-order valence-corrected chi connectivity index (χ0v) is 30.2. The molecule has 0 aliphatic carbocycles. The fraction of sp³-hybridized carbons (Fsp3) is 0. The van der Waals surface area contributed by atoms with Gasteiger partial charge in [0.25, 0.3) is 0 Å². The van der Waals surface area contributed by atoms with E-state index in [-0.39, 0.29) is 0 Å². The average molecular weight is 723 g/mol. The first-order chi connectivity index (χ1) is 27.2. The second-order valence-electron chi connectivity index (χ2n) is 13.2. The Morgan fingerprint density at radius 3 is 1.13 bits per heavy atom. The van der Waals surface area contributed by atoms with E-state index >= 15 is 0 Å². The predicted molar refractivity (Wildman–Crippen MR) is 224 cm³/mol. The van der Waals surface area contributed by atoms with Crippen molar-refractivity contribution < 1.29 is 0 Å². The summed E-state index contributed by atoms with van der Waals surface area (Å²) in [6, 6.07) is 61.8. The summed E-state index contributed by atoms with van der Waals surface area (Å²) < 4.78 is 2.41. The number of hydrogen-bond donors (Lipinski definition) is 0. The highest BCUT2D eigenvalue weighted by Gasteiger charge is 2.17. The summed E-state index contributed by atoms with van der Waals surface area (Å²) in [6.07, 6.45) is 0. The first-order valence-electron chi connectivity index (χ1n) is 18.0. The number of thiophene rings is 1. The molecule has 55 heavy (non-hydrogen) atoms. The van der Waals surface area contributed by atoms with Crippen LogP contribution in [0.15, 0.2) is 182 Å². The lowest BCUT2D eigenvalue weighted by atomic mass is 10.00. The second-order valence-corrected chi connectivity index (χ2v) is 14.2. The van der Waals surface area contributed by atoms with E-state index in [1.165, 1.54) is 14.8 Å². The number of hydrogen-bond acceptors (Lipinski definition) is 7. The lowest BCUT2D eigenvalue weighted by molar-refractivity contribution is 1.07. The molecule has 0 bridgehead atoms. The van der Waals surface area contributed by atoms with Crippen molar-refractivity contribution in [3.8, 4) is 79.5 Å². The highest BCUT2D eigenvalue weighted by atomic mass is 32.1. The minimum Gasteiger partial charge on any atom is -0.208 e. The molecule has 0 radical (unpaired) electrons. The van der Waals surface area contributed by atoms with Gasteiger partial charge < -0.3 is 0 Å². The highest BCUT2D eigenvalue weighted by Crippen LogP contribution is 2.42. The van der Waals surface area contributed by atoms with E-state index in [1.807, 2.05) is 121 Å². The zero-order valence-electron chi connectivity index (χ0n) is 29.4. The monoisotopic (exact) mass is 722 g/mol. The molecule has 0 aliphatic rings. The van der Waals surface area contributed by atoms with Crippen LogP contribution >= 0.6 is 11.3 Å². The summed E-state index contributed by atoms with van der Waals surface area (Å²) in [4.78, 5) is 29.7. The van der Waals surface area contributed by atoms with Crippen molar-refractivity contribution in [3.63, 3.8) is 0 Å². The van der Waals surface area contributed by atoms with Crippen molar-refractivity contribution in [2.24, 2.45) is 0 Å². The van der Waals surface area contributed by atoms with Gasteiger partial charge in [0.05, 0.1) is 0 Å². The SMILES string of the molecule is c1ccc(-c2nc(-c3ccccc3)nc(-c3cccc(-c4cccc5c4sc4ccc(-c6nc(-c7ccccc7)nc(-c7ccccc7)n6)cc45)c3)n2)cc1. The van der Waals surface area contributed by atoms with Gasteiger partial charge in [-0.3, -0.25) is 0 Å². The van der Waals surface area contributed by atoms with Gasteiger partial charge in [0.2, 0.25) is 0 Å².